The van der Waals surface area contributed by atoms with Crippen LogP contribution in [-0.4, -0.2) is 31.6 Å². The highest BCUT2D eigenvalue weighted by molar-refractivity contribution is 7.91. The third kappa shape index (κ3) is 3.96. The van der Waals surface area contributed by atoms with Gasteiger partial charge in [-0.05, 0) is 36.7 Å². The molecule has 1 aliphatic heterocycles. The van der Waals surface area contributed by atoms with Crippen molar-refractivity contribution in [2.24, 2.45) is 5.92 Å². The smallest absolute Gasteiger partial charge is 0.262 e. The van der Waals surface area contributed by atoms with Crippen LogP contribution in [0.1, 0.15) is 6.42 Å². The first-order valence-corrected chi connectivity index (χ1v) is 7.99. The summed E-state index contributed by atoms with van der Waals surface area (Å²) in [5, 5.41) is 3.24. The van der Waals surface area contributed by atoms with Crippen molar-refractivity contribution in [3.63, 3.8) is 0 Å². The maximum atomic E-state index is 11.3. The summed E-state index contributed by atoms with van der Waals surface area (Å²) >= 11 is 5.05. The van der Waals surface area contributed by atoms with E-state index in [1.165, 1.54) is 0 Å². The fraction of sp³-hybridized carbons (Fsp3) is 0.417. The van der Waals surface area contributed by atoms with Crippen LogP contribution in [0, 0.1) is 5.92 Å². The van der Waals surface area contributed by atoms with Crippen LogP contribution in [0.4, 0.5) is 0 Å². The molecule has 1 saturated heterocycles. The summed E-state index contributed by atoms with van der Waals surface area (Å²) in [5.74, 6) is 1.33. The van der Waals surface area contributed by atoms with E-state index < -0.39 is 9.84 Å². The molecule has 0 radical (unpaired) electrons. The highest BCUT2D eigenvalue weighted by Crippen LogP contribution is 2.17. The number of hydrogen-bond acceptors (Lipinski definition) is 4. The highest BCUT2D eigenvalue weighted by atomic mass is 32.2. The molecular formula is C12H15NO3S2. The molecule has 98 valence electrons. The Balaban J connectivity index is 1.76. The Kier molecular flexibility index (Phi) is 4.19. The minimum atomic E-state index is -2.83. The molecule has 0 amide bonds. The normalized spacial score (nSPS) is 21.4. The van der Waals surface area contributed by atoms with Crippen molar-refractivity contribution in [1.29, 1.82) is 0 Å². The molecule has 4 nitrogen and oxygen atoms in total. The van der Waals surface area contributed by atoms with Crippen LogP contribution in [0.2, 0.25) is 0 Å². The van der Waals surface area contributed by atoms with Gasteiger partial charge in [0.25, 0.3) is 5.17 Å². The summed E-state index contributed by atoms with van der Waals surface area (Å²) in [6.07, 6.45) is 0.698. The lowest BCUT2D eigenvalue weighted by Gasteiger charge is -2.12. The fourth-order valence-electron chi connectivity index (χ4n) is 1.89. The average molecular weight is 285 g/mol. The molecule has 1 N–H and O–H groups in total. The molecule has 1 fully saturated rings. The first-order valence-electron chi connectivity index (χ1n) is 5.76. The summed E-state index contributed by atoms with van der Waals surface area (Å²) in [6, 6.07) is 9.25. The Morgan fingerprint density at radius 2 is 2.11 bits per heavy atom. The Labute approximate surface area is 112 Å². The SMILES string of the molecule is O=S1(=O)CCC(CNC(=S)Oc2ccccc2)C1. The Bertz CT molecular complexity index is 513. The summed E-state index contributed by atoms with van der Waals surface area (Å²) in [5.41, 5.74) is 0. The number of ether oxygens (including phenoxy) is 1. The molecule has 1 aliphatic rings. The summed E-state index contributed by atoms with van der Waals surface area (Å²) in [6.45, 7) is 0.547. The number of hydrogen-bond donors (Lipinski definition) is 1. The molecule has 0 spiro atoms. The monoisotopic (exact) mass is 285 g/mol. The van der Waals surface area contributed by atoms with E-state index in [4.69, 9.17) is 17.0 Å². The van der Waals surface area contributed by atoms with Crippen LogP contribution < -0.4 is 10.1 Å². The molecule has 1 unspecified atom stereocenters. The largest absolute Gasteiger partial charge is 0.432 e. The number of para-hydroxylation sites is 1. The minimum absolute atomic E-state index is 0.132. The van der Waals surface area contributed by atoms with Crippen molar-refractivity contribution >= 4 is 27.2 Å². The van der Waals surface area contributed by atoms with Gasteiger partial charge in [0.2, 0.25) is 0 Å². The van der Waals surface area contributed by atoms with Crippen LogP contribution in [0.3, 0.4) is 0 Å². The van der Waals surface area contributed by atoms with E-state index in [1.807, 2.05) is 30.3 Å². The van der Waals surface area contributed by atoms with Crippen molar-refractivity contribution in [2.45, 2.75) is 6.42 Å². The first-order chi connectivity index (χ1) is 8.55. The topological polar surface area (TPSA) is 55.4 Å². The third-order valence-electron chi connectivity index (χ3n) is 2.82. The van der Waals surface area contributed by atoms with Crippen molar-refractivity contribution < 1.29 is 13.2 Å². The van der Waals surface area contributed by atoms with Gasteiger partial charge in [-0.25, -0.2) is 8.42 Å². The highest BCUT2D eigenvalue weighted by Gasteiger charge is 2.27. The molecule has 0 bridgehead atoms. The predicted octanol–water partition coefficient (Wildman–Crippen LogP) is 1.37. The van der Waals surface area contributed by atoms with E-state index in [2.05, 4.69) is 5.32 Å². The van der Waals surface area contributed by atoms with Crippen molar-refractivity contribution in [3.8, 4) is 5.75 Å². The molecule has 1 aromatic rings. The lowest BCUT2D eigenvalue weighted by atomic mass is 10.1. The standard InChI is InChI=1S/C12H15NO3S2/c14-18(15)7-6-10(9-18)8-13-12(17)16-11-4-2-1-3-5-11/h1-5,10H,6-9H2,(H,13,17). The maximum Gasteiger partial charge on any atom is 0.262 e. The second-order valence-corrected chi connectivity index (χ2v) is 6.95. The van der Waals surface area contributed by atoms with Gasteiger partial charge >= 0.3 is 0 Å². The zero-order valence-electron chi connectivity index (χ0n) is 9.83. The van der Waals surface area contributed by atoms with Crippen LogP contribution in [-0.2, 0) is 9.84 Å². The molecule has 1 heterocycles. The lowest BCUT2D eigenvalue weighted by molar-refractivity contribution is 0.502. The Hall–Kier alpha value is -1.14. The third-order valence-corrected chi connectivity index (χ3v) is 4.88. The minimum Gasteiger partial charge on any atom is -0.432 e. The van der Waals surface area contributed by atoms with Gasteiger partial charge in [-0.3, -0.25) is 0 Å². The predicted molar refractivity (Wildman–Crippen MR) is 74.4 cm³/mol. The van der Waals surface area contributed by atoms with Gasteiger partial charge in [-0.2, -0.15) is 0 Å². The Morgan fingerprint density at radius 1 is 1.39 bits per heavy atom. The van der Waals surface area contributed by atoms with Crippen LogP contribution in [0.5, 0.6) is 5.75 Å². The molecule has 0 aliphatic carbocycles. The van der Waals surface area contributed by atoms with Crippen LogP contribution >= 0.6 is 12.2 Å². The molecule has 2 rings (SSSR count). The molecule has 0 saturated carbocycles. The number of nitrogens with one attached hydrogen (secondary N) is 1. The number of rotatable bonds is 3. The average Bonchev–Trinajstić information content (AvgIpc) is 2.68. The summed E-state index contributed by atoms with van der Waals surface area (Å²) < 4.78 is 28.0. The number of thiocarbonyl (C=S) groups is 1. The van der Waals surface area contributed by atoms with Gasteiger partial charge in [-0.1, -0.05) is 18.2 Å². The van der Waals surface area contributed by atoms with Gasteiger partial charge in [0.15, 0.2) is 9.84 Å². The van der Waals surface area contributed by atoms with Gasteiger partial charge in [0.1, 0.15) is 5.75 Å². The van der Waals surface area contributed by atoms with Gasteiger partial charge < -0.3 is 10.1 Å². The van der Waals surface area contributed by atoms with E-state index in [9.17, 15) is 8.42 Å². The van der Waals surface area contributed by atoms with Crippen LogP contribution in [0.15, 0.2) is 30.3 Å². The van der Waals surface area contributed by atoms with E-state index in [-0.39, 0.29) is 22.6 Å². The molecule has 18 heavy (non-hydrogen) atoms. The molecule has 6 heteroatoms. The molecule has 0 aromatic heterocycles. The van der Waals surface area contributed by atoms with Gasteiger partial charge in [0.05, 0.1) is 11.5 Å². The van der Waals surface area contributed by atoms with E-state index in [1.54, 1.807) is 0 Å². The quantitative estimate of drug-likeness (QED) is 0.850. The maximum absolute atomic E-state index is 11.3. The second-order valence-electron chi connectivity index (χ2n) is 4.35. The second kappa shape index (κ2) is 5.67. The summed E-state index contributed by atoms with van der Waals surface area (Å²) in [4.78, 5) is 0. The molecular weight excluding hydrogens is 270 g/mol. The van der Waals surface area contributed by atoms with Crippen molar-refractivity contribution in [3.05, 3.63) is 30.3 Å². The van der Waals surface area contributed by atoms with Crippen LogP contribution in [0.25, 0.3) is 0 Å². The fourth-order valence-corrected chi connectivity index (χ4v) is 3.93. The lowest BCUT2D eigenvalue weighted by Crippen LogP contribution is -2.31. The number of sulfone groups is 1. The van der Waals surface area contributed by atoms with Gasteiger partial charge in [0, 0.05) is 6.54 Å². The number of benzene rings is 1. The van der Waals surface area contributed by atoms with Crippen molar-refractivity contribution in [1.82, 2.24) is 5.32 Å². The molecule has 1 atom stereocenters. The summed E-state index contributed by atoms with van der Waals surface area (Å²) in [7, 11) is -2.83. The Morgan fingerprint density at radius 3 is 2.72 bits per heavy atom. The van der Waals surface area contributed by atoms with E-state index in [0.717, 1.165) is 0 Å². The van der Waals surface area contributed by atoms with E-state index >= 15 is 0 Å². The zero-order chi connectivity index (χ0) is 13.0. The van der Waals surface area contributed by atoms with Gasteiger partial charge in [-0.15, -0.1) is 0 Å². The van der Waals surface area contributed by atoms with E-state index in [0.29, 0.717) is 18.7 Å². The first kappa shape index (κ1) is 13.3. The zero-order valence-corrected chi connectivity index (χ0v) is 11.5. The van der Waals surface area contributed by atoms with Crippen molar-refractivity contribution in [2.75, 3.05) is 18.1 Å². The molecule has 1 aromatic carbocycles.